The molecule has 0 unspecified atom stereocenters. The van der Waals surface area contributed by atoms with E-state index in [4.69, 9.17) is 4.74 Å². The van der Waals surface area contributed by atoms with Crippen molar-refractivity contribution in [3.05, 3.63) is 106 Å². The predicted octanol–water partition coefficient (Wildman–Crippen LogP) is 9.72. The summed E-state index contributed by atoms with van der Waals surface area (Å²) in [6, 6.07) is 19.4. The number of carbonyl (C=O) groups excluding carboxylic acids is 1. The van der Waals surface area contributed by atoms with Crippen molar-refractivity contribution < 1.29 is 31.7 Å². The lowest BCUT2D eigenvalue weighted by Gasteiger charge is -2.56. The molecule has 3 N–H and O–H groups in total. The van der Waals surface area contributed by atoms with E-state index >= 15 is 0 Å². The normalized spacial score (nSPS) is 20.4. The molecule has 4 fully saturated rings. The number of hydrogen-bond acceptors (Lipinski definition) is 11. The number of halogens is 2. The number of ether oxygens (including phenoxy) is 1. The number of aromatic amines is 1. The van der Waals surface area contributed by atoms with Gasteiger partial charge in [-0.15, -0.1) is 0 Å². The second-order valence-corrected chi connectivity index (χ2v) is 20.2. The predicted molar refractivity (Wildman–Crippen MR) is 240 cm³/mol. The van der Waals surface area contributed by atoms with Crippen molar-refractivity contribution in [2.45, 2.75) is 107 Å². The summed E-state index contributed by atoms with van der Waals surface area (Å²) in [5, 5.41) is 15.7. The van der Waals surface area contributed by atoms with E-state index in [0.717, 1.165) is 55.8 Å². The number of aromatic nitrogens is 3. The van der Waals surface area contributed by atoms with Crippen LogP contribution in [-0.4, -0.2) is 77.2 Å². The van der Waals surface area contributed by atoms with Crippen molar-refractivity contribution in [3.8, 4) is 11.5 Å². The minimum atomic E-state index is -4.68. The van der Waals surface area contributed by atoms with Gasteiger partial charge in [0, 0.05) is 74.0 Å². The molecule has 2 saturated heterocycles. The summed E-state index contributed by atoms with van der Waals surface area (Å²) < 4.78 is 63.0. The number of likely N-dealkylation sites (tertiary alicyclic amines) is 1. The monoisotopic (exact) mass is 896 g/mol. The van der Waals surface area contributed by atoms with Crippen LogP contribution in [0.5, 0.6) is 11.5 Å². The van der Waals surface area contributed by atoms with Gasteiger partial charge < -0.3 is 19.9 Å². The molecule has 1 atom stereocenters. The lowest BCUT2D eigenvalue weighted by molar-refractivity contribution is -0.384. The second kappa shape index (κ2) is 17.4. The summed E-state index contributed by atoms with van der Waals surface area (Å²) >= 11 is 0. The van der Waals surface area contributed by atoms with Crippen LogP contribution in [-0.2, 0) is 10.0 Å². The molecule has 338 valence electrons. The molecule has 4 aliphatic rings. The van der Waals surface area contributed by atoms with Gasteiger partial charge in [-0.05, 0) is 111 Å². The summed E-state index contributed by atoms with van der Waals surface area (Å²) in [5.41, 5.74) is 3.98. The Bertz CT molecular complexity index is 2650. The van der Waals surface area contributed by atoms with Gasteiger partial charge in [0.15, 0.2) is 0 Å². The lowest BCUT2D eigenvalue weighted by atomic mass is 9.59. The molecule has 1 amide bonds. The molecule has 1 spiro atoms. The quantitative estimate of drug-likeness (QED) is 0.0758. The number of nitro groups is 1. The van der Waals surface area contributed by atoms with Crippen molar-refractivity contribution >= 4 is 44.2 Å². The van der Waals surface area contributed by atoms with Crippen LogP contribution in [0.3, 0.4) is 0 Å². The number of carbonyl (C=O) groups is 1. The van der Waals surface area contributed by atoms with Crippen LogP contribution in [0, 0.1) is 21.4 Å². The number of benzene rings is 2. The first kappa shape index (κ1) is 43.6. The minimum Gasteiger partial charge on any atom is -0.455 e. The van der Waals surface area contributed by atoms with E-state index in [2.05, 4.69) is 72.9 Å². The zero-order valence-corrected chi connectivity index (χ0v) is 36.9. The van der Waals surface area contributed by atoms with Gasteiger partial charge in [-0.1, -0.05) is 38.1 Å². The Balaban J connectivity index is 0.895. The number of piperidine rings is 1. The maximum atomic E-state index is 13.9. The van der Waals surface area contributed by atoms with Gasteiger partial charge in [0.1, 0.15) is 22.0 Å². The summed E-state index contributed by atoms with van der Waals surface area (Å²) in [4.78, 5) is 41.1. The number of H-pyrrole nitrogens is 1. The molecule has 2 aliphatic carbocycles. The highest BCUT2D eigenvalue weighted by atomic mass is 32.2. The van der Waals surface area contributed by atoms with Crippen LogP contribution in [0.15, 0.2) is 84.1 Å². The Morgan fingerprint density at radius 2 is 1.75 bits per heavy atom. The van der Waals surface area contributed by atoms with Crippen molar-refractivity contribution in [2.24, 2.45) is 11.3 Å². The standard InChI is InChI=1S/C47H54F2N8O6S/c1-30(2)37-6-3-4-7-38(37)40-8-5-19-56(40)34-25-46(26-34)16-20-55(21-17-46)33-9-10-39(42(23-33)63-35-22-32-13-18-50-43(32)52-28-35)45(58)54-64(61,62)36-24-41(57(59)60)44(53-29-36)51-27-31-11-14-47(48,49)15-12-31/h3-4,6-7,9-10,13,18,22-24,28-31,34,40H,5,8,11-12,14-17,19-21,25-27H2,1-2H3,(H,50,52)(H,51,53)(H,54,58)/t40-/m0/s1. The molecule has 0 bridgehead atoms. The van der Waals surface area contributed by atoms with Crippen molar-refractivity contribution in [2.75, 3.05) is 36.4 Å². The average molecular weight is 897 g/mol. The van der Waals surface area contributed by atoms with Gasteiger partial charge >= 0.3 is 5.69 Å². The summed E-state index contributed by atoms with van der Waals surface area (Å²) in [7, 11) is -4.68. The van der Waals surface area contributed by atoms with Crippen molar-refractivity contribution in [1.29, 1.82) is 0 Å². The Hall–Kier alpha value is -5.68. The van der Waals surface area contributed by atoms with E-state index in [-0.39, 0.29) is 60.7 Å². The zero-order chi connectivity index (χ0) is 44.8. The molecule has 9 rings (SSSR count). The Labute approximate surface area is 371 Å². The van der Waals surface area contributed by atoms with Gasteiger partial charge in [0.25, 0.3) is 15.9 Å². The molecule has 5 heterocycles. The third kappa shape index (κ3) is 9.01. The number of sulfonamides is 1. The minimum absolute atomic E-state index is 0.0742. The molecule has 0 radical (unpaired) electrons. The highest BCUT2D eigenvalue weighted by Crippen LogP contribution is 2.54. The number of hydrogen-bond donors (Lipinski definition) is 3. The third-order valence-corrected chi connectivity index (χ3v) is 15.3. The number of fused-ring (bicyclic) bond motifs is 1. The summed E-state index contributed by atoms with van der Waals surface area (Å²) in [5.74, 6) is -3.16. The van der Waals surface area contributed by atoms with E-state index in [0.29, 0.717) is 29.4 Å². The Morgan fingerprint density at radius 1 is 0.984 bits per heavy atom. The molecule has 2 saturated carbocycles. The molecule has 5 aromatic rings. The summed E-state index contributed by atoms with van der Waals surface area (Å²) in [6.07, 6.45) is 11.0. The Morgan fingerprint density at radius 3 is 2.50 bits per heavy atom. The molecule has 14 nitrogen and oxygen atoms in total. The van der Waals surface area contributed by atoms with Crippen LogP contribution >= 0.6 is 0 Å². The molecular weight excluding hydrogens is 843 g/mol. The fourth-order valence-corrected chi connectivity index (χ4v) is 11.4. The van der Waals surface area contributed by atoms with Gasteiger partial charge in [-0.3, -0.25) is 19.8 Å². The maximum Gasteiger partial charge on any atom is 0.312 e. The number of amides is 1. The first-order chi connectivity index (χ1) is 30.7. The van der Waals surface area contributed by atoms with E-state index in [1.807, 2.05) is 6.07 Å². The molecule has 3 aromatic heterocycles. The Kier molecular flexibility index (Phi) is 11.8. The summed E-state index contributed by atoms with van der Waals surface area (Å²) in [6.45, 7) is 7.48. The molecule has 17 heteroatoms. The number of anilines is 2. The molecule has 64 heavy (non-hydrogen) atoms. The fourth-order valence-electron chi connectivity index (χ4n) is 10.4. The number of pyridine rings is 2. The highest BCUT2D eigenvalue weighted by molar-refractivity contribution is 7.90. The van der Waals surface area contributed by atoms with Crippen LogP contribution in [0.1, 0.15) is 112 Å². The zero-order valence-electron chi connectivity index (χ0n) is 36.1. The lowest BCUT2D eigenvalue weighted by Crippen LogP contribution is -2.54. The first-order valence-electron chi connectivity index (χ1n) is 22.3. The average Bonchev–Trinajstić information content (AvgIpc) is 3.95. The van der Waals surface area contributed by atoms with Crippen LogP contribution in [0.25, 0.3) is 11.0 Å². The number of nitrogens with zero attached hydrogens (tertiary/aromatic N) is 5. The van der Waals surface area contributed by atoms with E-state index in [1.54, 1.807) is 24.4 Å². The largest absolute Gasteiger partial charge is 0.455 e. The van der Waals surface area contributed by atoms with E-state index in [1.165, 1.54) is 49.1 Å². The van der Waals surface area contributed by atoms with Crippen molar-refractivity contribution in [3.63, 3.8) is 0 Å². The number of nitrogens with one attached hydrogen (secondary N) is 3. The number of alkyl halides is 2. The van der Waals surface area contributed by atoms with Gasteiger partial charge in [-0.25, -0.2) is 31.9 Å². The maximum absolute atomic E-state index is 13.9. The number of rotatable bonds is 13. The molecule has 2 aromatic carbocycles. The molecule has 2 aliphatic heterocycles. The second-order valence-electron chi connectivity index (χ2n) is 18.5. The molecular formula is C47H54F2N8O6S. The van der Waals surface area contributed by atoms with Gasteiger partial charge in [-0.2, -0.15) is 0 Å². The fraction of sp³-hybridized carbons (Fsp3) is 0.468. The van der Waals surface area contributed by atoms with Crippen LogP contribution < -0.4 is 19.7 Å². The highest BCUT2D eigenvalue weighted by Gasteiger charge is 2.50. The van der Waals surface area contributed by atoms with Crippen molar-refractivity contribution in [1.82, 2.24) is 24.6 Å². The van der Waals surface area contributed by atoms with Gasteiger partial charge in [0.05, 0.1) is 22.9 Å². The third-order valence-electron chi connectivity index (χ3n) is 14.1. The van der Waals surface area contributed by atoms with E-state index < -0.39 is 37.4 Å². The van der Waals surface area contributed by atoms with E-state index in [9.17, 15) is 32.1 Å². The van der Waals surface area contributed by atoms with Gasteiger partial charge in [0.2, 0.25) is 11.7 Å². The SMILES string of the molecule is CC(C)c1ccccc1[C@@H]1CCCN1C1CC2(CCN(c3ccc(C(=O)NS(=O)(=O)c4cnc(NCC5CCC(F)(F)CC5)c([N+](=O)[O-])c4)c(Oc4cnc5[nH]ccc5c4)c3)CC2)C1. The first-order valence-corrected chi connectivity index (χ1v) is 23.8. The topological polar surface area (TPSA) is 176 Å². The van der Waals surface area contributed by atoms with Crippen LogP contribution in [0.2, 0.25) is 0 Å². The smallest absolute Gasteiger partial charge is 0.312 e. The van der Waals surface area contributed by atoms with Crippen LogP contribution in [0.4, 0.5) is 26.0 Å².